The molecule has 0 unspecified atom stereocenters. The second-order valence-electron chi connectivity index (χ2n) is 4.87. The summed E-state index contributed by atoms with van der Waals surface area (Å²) in [6.07, 6.45) is 0. The van der Waals surface area contributed by atoms with Crippen LogP contribution < -0.4 is 5.32 Å². The normalized spacial score (nSPS) is 9.46. The van der Waals surface area contributed by atoms with Gasteiger partial charge in [0.15, 0.2) is 5.75 Å². The Balaban J connectivity index is 0.00000137. The molecule has 0 saturated carbocycles. The predicted molar refractivity (Wildman–Crippen MR) is 111 cm³/mol. The number of fused-ring (bicyclic) bond motifs is 1. The Bertz CT molecular complexity index is 897. The minimum absolute atomic E-state index is 0. The first-order chi connectivity index (χ1) is 13.2. The van der Waals surface area contributed by atoms with Gasteiger partial charge in [0, 0.05) is 45.1 Å². The van der Waals surface area contributed by atoms with Crippen LogP contribution in [0.3, 0.4) is 0 Å². The summed E-state index contributed by atoms with van der Waals surface area (Å²) in [6.45, 7) is 8.00. The van der Waals surface area contributed by atoms with Crippen molar-refractivity contribution in [2.75, 3.05) is 7.05 Å². The molecule has 0 aliphatic rings. The van der Waals surface area contributed by atoms with E-state index < -0.39 is 0 Å². The van der Waals surface area contributed by atoms with Gasteiger partial charge in [-0.1, -0.05) is 52.0 Å². The first-order valence-corrected chi connectivity index (χ1v) is 9.06. The van der Waals surface area contributed by atoms with Crippen LogP contribution in [0.1, 0.15) is 38.1 Å². The maximum Gasteiger partial charge on any atom is 0.254 e. The summed E-state index contributed by atoms with van der Waals surface area (Å²) in [5, 5.41) is 22.7. The van der Waals surface area contributed by atoms with Crippen LogP contribution in [0.4, 0.5) is 11.4 Å². The van der Waals surface area contributed by atoms with Gasteiger partial charge >= 0.3 is 0 Å². The minimum atomic E-state index is -0.379. The smallest absolute Gasteiger partial charge is 0.254 e. The fourth-order valence-corrected chi connectivity index (χ4v) is 2.28. The van der Waals surface area contributed by atoms with E-state index in [0.717, 1.165) is 10.8 Å². The number of rotatable bonds is 3. The van der Waals surface area contributed by atoms with E-state index in [0.29, 0.717) is 5.69 Å². The second kappa shape index (κ2) is 14.0. The third kappa shape index (κ3) is 6.50. The monoisotopic (exact) mass is 453 g/mol. The molecule has 0 fully saturated rings. The molecule has 6 heteroatoms. The Morgan fingerprint density at radius 1 is 1.00 bits per heavy atom. The van der Waals surface area contributed by atoms with Gasteiger partial charge in [-0.05, 0) is 17.1 Å². The van der Waals surface area contributed by atoms with Crippen LogP contribution in [-0.2, 0) is 32.7 Å². The fraction of sp³-hybridized carbons (Fsp3) is 0.227. The number of nitrogens with one attached hydrogen (secondary N) is 1. The molecule has 3 aromatic carbocycles. The zero-order valence-electron chi connectivity index (χ0n) is 17.0. The molecule has 0 heterocycles. The number of nitrogens with zero attached hydrogens (tertiary/aromatic N) is 2. The number of benzene rings is 3. The molecule has 0 aromatic heterocycles. The molecular weight excluding hydrogens is 427 g/mol. The zero-order chi connectivity index (χ0) is 20.2. The van der Waals surface area contributed by atoms with E-state index in [2.05, 4.69) is 21.6 Å². The molecule has 28 heavy (non-hydrogen) atoms. The number of amides is 1. The number of phenols is 1. The van der Waals surface area contributed by atoms with E-state index in [1.165, 1.54) is 7.05 Å². The maximum atomic E-state index is 12.0. The van der Waals surface area contributed by atoms with Crippen LogP contribution in [0, 0.1) is 6.07 Å². The molecule has 145 valence electrons. The Morgan fingerprint density at radius 2 is 1.64 bits per heavy atom. The molecule has 1 radical (unpaired) electrons. The van der Waals surface area contributed by atoms with Crippen LogP contribution in [0.2, 0.25) is 0 Å². The van der Waals surface area contributed by atoms with Crippen molar-refractivity contribution in [3.8, 4) is 5.75 Å². The third-order valence-electron chi connectivity index (χ3n) is 3.42. The number of aromatic hydroxyl groups is 1. The third-order valence-corrected chi connectivity index (χ3v) is 3.42. The summed E-state index contributed by atoms with van der Waals surface area (Å²) >= 11 is 0. The Hall–Kier alpha value is -2.11. The zero-order valence-corrected chi connectivity index (χ0v) is 19.9. The van der Waals surface area contributed by atoms with Crippen LogP contribution in [0.25, 0.3) is 10.8 Å². The molecule has 0 atom stereocenters. The molecule has 1 amide bonds. The number of azo groups is 1. The molecular formula is C22H26N3O2Y-. The Morgan fingerprint density at radius 3 is 2.25 bits per heavy atom. The van der Waals surface area contributed by atoms with Gasteiger partial charge < -0.3 is 10.4 Å². The van der Waals surface area contributed by atoms with E-state index in [4.69, 9.17) is 0 Å². The molecule has 3 rings (SSSR count). The van der Waals surface area contributed by atoms with E-state index in [1.807, 2.05) is 64.1 Å². The van der Waals surface area contributed by atoms with Gasteiger partial charge in [0.1, 0.15) is 5.69 Å². The SMILES string of the molecule is CC.CC.CNC(=O)c1cc2ccccc2c(N=Nc2[c-]cccc2)c1O.[Y]. The molecule has 3 aromatic rings. The van der Waals surface area contributed by atoms with Crippen molar-refractivity contribution in [3.05, 3.63) is 66.2 Å². The van der Waals surface area contributed by atoms with E-state index in [9.17, 15) is 9.90 Å². The van der Waals surface area contributed by atoms with Crippen molar-refractivity contribution >= 4 is 28.1 Å². The number of hydrogen-bond donors (Lipinski definition) is 2. The van der Waals surface area contributed by atoms with E-state index in [-0.39, 0.29) is 55.6 Å². The van der Waals surface area contributed by atoms with Crippen molar-refractivity contribution in [2.45, 2.75) is 27.7 Å². The van der Waals surface area contributed by atoms with Crippen LogP contribution in [0.15, 0.2) is 64.8 Å². The fourth-order valence-electron chi connectivity index (χ4n) is 2.28. The molecule has 0 spiro atoms. The van der Waals surface area contributed by atoms with Gasteiger partial charge in [-0.15, -0.1) is 11.2 Å². The number of hydrogen-bond acceptors (Lipinski definition) is 4. The summed E-state index contributed by atoms with van der Waals surface area (Å²) in [6, 6.07) is 19.1. The van der Waals surface area contributed by atoms with Gasteiger partial charge in [-0.2, -0.15) is 29.4 Å². The Kier molecular flexibility index (Phi) is 12.9. The van der Waals surface area contributed by atoms with Crippen LogP contribution >= 0.6 is 0 Å². The van der Waals surface area contributed by atoms with Crippen LogP contribution in [0.5, 0.6) is 5.75 Å². The summed E-state index contributed by atoms with van der Waals surface area (Å²) in [5.41, 5.74) is 0.970. The van der Waals surface area contributed by atoms with Crippen LogP contribution in [-0.4, -0.2) is 18.1 Å². The van der Waals surface area contributed by atoms with Crippen molar-refractivity contribution in [3.63, 3.8) is 0 Å². The molecule has 0 aliphatic heterocycles. The summed E-state index contributed by atoms with van der Waals surface area (Å²) in [4.78, 5) is 12.0. The number of phenolic OH excluding ortho intramolecular Hbond substituents is 1. The van der Waals surface area contributed by atoms with Crippen molar-refractivity contribution in [1.82, 2.24) is 5.32 Å². The van der Waals surface area contributed by atoms with Gasteiger partial charge in [0.2, 0.25) is 0 Å². The maximum absolute atomic E-state index is 12.0. The Labute approximate surface area is 192 Å². The number of carbonyl (C=O) groups is 1. The van der Waals surface area contributed by atoms with Crippen molar-refractivity contribution in [1.29, 1.82) is 0 Å². The first-order valence-electron chi connectivity index (χ1n) is 9.06. The van der Waals surface area contributed by atoms with Gasteiger partial charge in [0.25, 0.3) is 5.91 Å². The van der Waals surface area contributed by atoms with Gasteiger partial charge in [0.05, 0.1) is 5.56 Å². The molecule has 0 saturated heterocycles. The van der Waals surface area contributed by atoms with Gasteiger partial charge in [-0.3, -0.25) is 4.79 Å². The number of carbonyl (C=O) groups excluding carboxylic acids is 1. The molecule has 2 N–H and O–H groups in total. The second-order valence-corrected chi connectivity index (χ2v) is 4.87. The average Bonchev–Trinajstić information content (AvgIpc) is 2.75. The topological polar surface area (TPSA) is 74.0 Å². The first kappa shape index (κ1) is 25.9. The van der Waals surface area contributed by atoms with E-state index in [1.54, 1.807) is 18.2 Å². The van der Waals surface area contributed by atoms with Crippen molar-refractivity contribution < 1.29 is 42.6 Å². The largest absolute Gasteiger partial charge is 0.505 e. The quantitative estimate of drug-likeness (QED) is 0.368. The summed E-state index contributed by atoms with van der Waals surface area (Å²) in [7, 11) is 1.51. The average molecular weight is 453 g/mol. The molecule has 0 aliphatic carbocycles. The molecule has 5 nitrogen and oxygen atoms in total. The molecule has 0 bridgehead atoms. The standard InChI is InChI=1S/C18H14N3O2.2C2H6.Y/c1-19-18(23)15-11-12-7-5-6-10-14(12)16(17(15)22)21-20-13-8-3-2-4-9-13;2*1-2;/h2-8,10-11,22H,1H3,(H,19,23);2*1-2H3;/q-1;;;. The van der Waals surface area contributed by atoms with Crippen molar-refractivity contribution in [2.24, 2.45) is 10.2 Å². The van der Waals surface area contributed by atoms with Gasteiger partial charge in [-0.25, -0.2) is 0 Å². The predicted octanol–water partition coefficient (Wildman–Crippen LogP) is 6.17. The minimum Gasteiger partial charge on any atom is -0.505 e. The summed E-state index contributed by atoms with van der Waals surface area (Å²) in [5.74, 6) is -0.571. The summed E-state index contributed by atoms with van der Waals surface area (Å²) < 4.78 is 0. The van der Waals surface area contributed by atoms with E-state index >= 15 is 0 Å².